The fourth-order valence-electron chi connectivity index (χ4n) is 4.58. The Morgan fingerprint density at radius 1 is 0.933 bits per heavy atom. The van der Waals surface area contributed by atoms with Crippen molar-refractivity contribution in [2.75, 3.05) is 19.6 Å². The van der Waals surface area contributed by atoms with E-state index in [0.717, 1.165) is 30.9 Å². The number of hydrogen-bond donors (Lipinski definition) is 3. The molecule has 0 radical (unpaired) electrons. The van der Waals surface area contributed by atoms with Crippen LogP contribution in [0.3, 0.4) is 0 Å². The number of rotatable bonds is 9. The number of nitrogens with one attached hydrogen (secondary N) is 2. The summed E-state index contributed by atoms with van der Waals surface area (Å²) in [6.07, 6.45) is 5.08. The Morgan fingerprint density at radius 2 is 1.70 bits per heavy atom. The molecule has 2 aromatic carbocycles. The van der Waals surface area contributed by atoms with Gasteiger partial charge in [0.25, 0.3) is 0 Å². The minimum absolute atomic E-state index is 0.0232. The number of nitrogens with zero attached hydrogens (tertiary/aromatic N) is 1. The van der Waals surface area contributed by atoms with Crippen LogP contribution in [-0.2, 0) is 16.1 Å². The lowest BCUT2D eigenvalue weighted by Crippen LogP contribution is -2.46. The summed E-state index contributed by atoms with van der Waals surface area (Å²) in [5.41, 5.74) is 6.56. The summed E-state index contributed by atoms with van der Waals surface area (Å²) < 4.78 is 0. The van der Waals surface area contributed by atoms with Crippen LogP contribution in [0.15, 0.2) is 42.5 Å². The Bertz CT molecular complexity index is 890. The molecule has 1 heterocycles. The first-order valence-electron chi connectivity index (χ1n) is 11.1. The summed E-state index contributed by atoms with van der Waals surface area (Å²) in [5, 5.41) is 8.44. The fourth-order valence-corrected chi connectivity index (χ4v) is 4.58. The Balaban J connectivity index is 1.33. The van der Waals surface area contributed by atoms with E-state index in [-0.39, 0.29) is 24.4 Å². The molecule has 0 bridgehead atoms. The summed E-state index contributed by atoms with van der Waals surface area (Å²) >= 11 is 0. The zero-order valence-corrected chi connectivity index (χ0v) is 17.5. The van der Waals surface area contributed by atoms with Crippen LogP contribution in [0, 0.1) is 5.92 Å². The van der Waals surface area contributed by atoms with Crippen molar-refractivity contribution in [1.82, 2.24) is 15.5 Å². The van der Waals surface area contributed by atoms with Crippen molar-refractivity contribution in [2.24, 2.45) is 11.7 Å². The fraction of sp³-hybridized carbons (Fsp3) is 0.500. The van der Waals surface area contributed by atoms with Gasteiger partial charge >= 0.3 is 0 Å². The summed E-state index contributed by atoms with van der Waals surface area (Å²) in [6.45, 7) is 2.22. The maximum absolute atomic E-state index is 12.8. The predicted octanol–water partition coefficient (Wildman–Crippen LogP) is 2.16. The quantitative estimate of drug-likeness (QED) is 0.593. The van der Waals surface area contributed by atoms with Crippen LogP contribution in [0.25, 0.3) is 10.8 Å². The molecule has 2 fully saturated rings. The molecule has 1 aliphatic carbocycles. The maximum atomic E-state index is 12.8. The molecular formula is C24H32N4O2. The average Bonchev–Trinajstić information content (AvgIpc) is 3.52. The molecule has 2 aliphatic rings. The Morgan fingerprint density at radius 3 is 2.50 bits per heavy atom. The van der Waals surface area contributed by atoms with Crippen molar-refractivity contribution in [2.45, 2.75) is 50.7 Å². The van der Waals surface area contributed by atoms with Gasteiger partial charge in [0.1, 0.15) is 0 Å². The van der Waals surface area contributed by atoms with Crippen molar-refractivity contribution in [1.29, 1.82) is 0 Å². The number of carbonyl (C=O) groups excluding carboxylic acids is 2. The van der Waals surface area contributed by atoms with Gasteiger partial charge in [0.15, 0.2) is 0 Å². The van der Waals surface area contributed by atoms with Gasteiger partial charge in [-0.25, -0.2) is 0 Å². The van der Waals surface area contributed by atoms with Gasteiger partial charge in [-0.1, -0.05) is 42.5 Å². The Hall–Kier alpha value is -2.44. The molecule has 6 heteroatoms. The standard InChI is InChI=1S/C24H32N4O2/c25-13-24(30)27-15-21-11-10-20(28(21)16-17-8-9-17)12-23(29)26-14-19-6-3-5-18-4-1-2-7-22(18)19/h1-7,17,20-21H,8-16,25H2,(H,26,29)(H,27,30)/t20-,21+/m1/s1. The molecule has 1 saturated heterocycles. The molecular weight excluding hydrogens is 376 g/mol. The SMILES string of the molecule is NCC(=O)NC[C@@H]1CC[C@H](CC(=O)NCc2cccc3ccccc23)N1CC1CC1. The number of amides is 2. The zero-order chi connectivity index (χ0) is 20.9. The van der Waals surface area contributed by atoms with Gasteiger partial charge in [-0.3, -0.25) is 14.5 Å². The monoisotopic (exact) mass is 408 g/mol. The lowest BCUT2D eigenvalue weighted by molar-refractivity contribution is -0.123. The number of carbonyl (C=O) groups is 2. The lowest BCUT2D eigenvalue weighted by atomic mass is 10.0. The minimum Gasteiger partial charge on any atom is -0.353 e. The van der Waals surface area contributed by atoms with E-state index in [2.05, 4.69) is 39.8 Å². The minimum atomic E-state index is -0.113. The van der Waals surface area contributed by atoms with Crippen molar-refractivity contribution >= 4 is 22.6 Å². The summed E-state index contributed by atoms with van der Waals surface area (Å²) in [5.74, 6) is 0.732. The highest BCUT2D eigenvalue weighted by Gasteiger charge is 2.37. The van der Waals surface area contributed by atoms with Gasteiger partial charge in [-0.05, 0) is 47.9 Å². The second-order valence-corrected chi connectivity index (χ2v) is 8.65. The largest absolute Gasteiger partial charge is 0.353 e. The molecule has 0 aromatic heterocycles. The highest BCUT2D eigenvalue weighted by Crippen LogP contribution is 2.35. The van der Waals surface area contributed by atoms with Crippen molar-refractivity contribution in [3.63, 3.8) is 0 Å². The topological polar surface area (TPSA) is 87.5 Å². The van der Waals surface area contributed by atoms with E-state index in [0.29, 0.717) is 25.6 Å². The third-order valence-electron chi connectivity index (χ3n) is 6.43. The molecule has 0 spiro atoms. The van der Waals surface area contributed by atoms with Gasteiger partial charge in [0.2, 0.25) is 11.8 Å². The second kappa shape index (κ2) is 9.58. The number of nitrogens with two attached hydrogens (primary N) is 1. The van der Waals surface area contributed by atoms with Crippen molar-refractivity contribution in [3.8, 4) is 0 Å². The normalized spacial score (nSPS) is 21.6. The van der Waals surface area contributed by atoms with Crippen LogP contribution >= 0.6 is 0 Å². The zero-order valence-electron chi connectivity index (χ0n) is 17.5. The summed E-state index contributed by atoms with van der Waals surface area (Å²) in [6, 6.07) is 15.0. The predicted molar refractivity (Wildman–Crippen MR) is 119 cm³/mol. The maximum Gasteiger partial charge on any atom is 0.233 e. The first kappa shape index (κ1) is 20.8. The van der Waals surface area contributed by atoms with E-state index in [1.54, 1.807) is 0 Å². The van der Waals surface area contributed by atoms with E-state index in [9.17, 15) is 9.59 Å². The molecule has 2 aromatic rings. The Labute approximate surface area is 178 Å². The molecule has 4 rings (SSSR count). The smallest absolute Gasteiger partial charge is 0.233 e. The highest BCUT2D eigenvalue weighted by atomic mass is 16.2. The van der Waals surface area contributed by atoms with Gasteiger partial charge in [0, 0.05) is 38.1 Å². The molecule has 1 saturated carbocycles. The van der Waals surface area contributed by atoms with Gasteiger partial charge in [-0.15, -0.1) is 0 Å². The van der Waals surface area contributed by atoms with E-state index in [4.69, 9.17) is 5.73 Å². The highest BCUT2D eigenvalue weighted by molar-refractivity contribution is 5.86. The molecule has 2 amide bonds. The van der Waals surface area contributed by atoms with E-state index in [1.165, 1.54) is 23.6 Å². The molecule has 30 heavy (non-hydrogen) atoms. The number of fused-ring (bicyclic) bond motifs is 1. The van der Waals surface area contributed by atoms with Gasteiger partial charge in [-0.2, -0.15) is 0 Å². The van der Waals surface area contributed by atoms with E-state index >= 15 is 0 Å². The second-order valence-electron chi connectivity index (χ2n) is 8.65. The number of likely N-dealkylation sites (tertiary alicyclic amines) is 1. The van der Waals surface area contributed by atoms with Crippen molar-refractivity contribution < 1.29 is 9.59 Å². The van der Waals surface area contributed by atoms with E-state index in [1.807, 2.05) is 18.2 Å². The molecule has 2 atom stereocenters. The molecule has 6 nitrogen and oxygen atoms in total. The summed E-state index contributed by atoms with van der Waals surface area (Å²) in [4.78, 5) is 26.8. The molecule has 0 unspecified atom stereocenters. The first-order chi connectivity index (χ1) is 14.6. The molecule has 4 N–H and O–H groups in total. The van der Waals surface area contributed by atoms with Gasteiger partial charge in [0.05, 0.1) is 6.54 Å². The van der Waals surface area contributed by atoms with Crippen LogP contribution in [0.1, 0.15) is 37.7 Å². The first-order valence-corrected chi connectivity index (χ1v) is 11.1. The van der Waals surface area contributed by atoms with Crippen LogP contribution in [0.5, 0.6) is 0 Å². The number of benzene rings is 2. The van der Waals surface area contributed by atoms with E-state index < -0.39 is 0 Å². The molecule has 1 aliphatic heterocycles. The Kier molecular flexibility index (Phi) is 6.65. The molecule has 160 valence electrons. The van der Waals surface area contributed by atoms with Crippen LogP contribution < -0.4 is 16.4 Å². The lowest BCUT2D eigenvalue weighted by Gasteiger charge is -2.30. The van der Waals surface area contributed by atoms with Gasteiger partial charge < -0.3 is 16.4 Å². The summed E-state index contributed by atoms with van der Waals surface area (Å²) in [7, 11) is 0. The van der Waals surface area contributed by atoms with Crippen molar-refractivity contribution in [3.05, 3.63) is 48.0 Å². The van der Waals surface area contributed by atoms with Crippen LogP contribution in [0.2, 0.25) is 0 Å². The average molecular weight is 409 g/mol. The number of hydrogen-bond acceptors (Lipinski definition) is 4. The third kappa shape index (κ3) is 5.18. The van der Waals surface area contributed by atoms with Crippen LogP contribution in [0.4, 0.5) is 0 Å². The van der Waals surface area contributed by atoms with Crippen LogP contribution in [-0.4, -0.2) is 48.4 Å². The third-order valence-corrected chi connectivity index (χ3v) is 6.43.